The Labute approximate surface area is 160 Å². The van der Waals surface area contributed by atoms with Crippen LogP contribution in [0.4, 0.5) is 0 Å². The van der Waals surface area contributed by atoms with Crippen LogP contribution in [0.15, 0.2) is 30.3 Å². The summed E-state index contributed by atoms with van der Waals surface area (Å²) in [5.41, 5.74) is 7.31. The minimum Gasteiger partial charge on any atom is -0.468 e. The van der Waals surface area contributed by atoms with Crippen LogP contribution in [-0.2, 0) is 30.5 Å². The van der Waals surface area contributed by atoms with Crippen LogP contribution < -0.4 is 5.73 Å². The molecular weight excluding hydrogens is 348 g/mol. The molecule has 3 rings (SSSR count). The van der Waals surface area contributed by atoms with E-state index >= 15 is 0 Å². The van der Waals surface area contributed by atoms with Gasteiger partial charge in [-0.2, -0.15) is 5.06 Å². The molecule has 0 bridgehead atoms. The number of hydrogen-bond acceptors (Lipinski definition) is 7. The Bertz CT molecular complexity index is 579. The monoisotopic (exact) mass is 378 g/mol. The normalized spacial score (nSPS) is 25.1. The average molecular weight is 378 g/mol. The number of benzene rings is 1. The van der Waals surface area contributed by atoms with Crippen molar-refractivity contribution in [2.75, 3.05) is 20.3 Å². The van der Waals surface area contributed by atoms with Crippen LogP contribution in [0.3, 0.4) is 0 Å². The largest absolute Gasteiger partial charge is 0.468 e. The van der Waals surface area contributed by atoms with Crippen LogP contribution in [0.2, 0.25) is 0 Å². The van der Waals surface area contributed by atoms with Crippen molar-refractivity contribution >= 4 is 12.4 Å². The van der Waals surface area contributed by atoms with Crippen LogP contribution in [0.25, 0.3) is 0 Å². The minimum absolute atomic E-state index is 0.113. The number of nitrogens with two attached hydrogens (primary N) is 1. The molecule has 1 aliphatic heterocycles. The third kappa shape index (κ3) is 6.30. The first-order chi connectivity index (χ1) is 13.1. The molecule has 7 nitrogen and oxygen atoms in total. The van der Waals surface area contributed by atoms with E-state index in [4.69, 9.17) is 15.3 Å². The van der Waals surface area contributed by atoms with Gasteiger partial charge in [-0.05, 0) is 37.7 Å². The van der Waals surface area contributed by atoms with Gasteiger partial charge in [-0.3, -0.25) is 9.59 Å². The zero-order valence-electron chi connectivity index (χ0n) is 16.1. The van der Waals surface area contributed by atoms with Gasteiger partial charge in [-0.25, -0.2) is 0 Å². The van der Waals surface area contributed by atoms with E-state index in [9.17, 15) is 9.59 Å². The van der Waals surface area contributed by atoms with E-state index in [0.29, 0.717) is 32.1 Å². The second-order valence-corrected chi connectivity index (χ2v) is 6.77. The van der Waals surface area contributed by atoms with Gasteiger partial charge in [0.25, 0.3) is 6.47 Å². The van der Waals surface area contributed by atoms with Crippen LogP contribution in [0, 0.1) is 17.8 Å². The molecule has 2 fully saturated rings. The van der Waals surface area contributed by atoms with Crippen molar-refractivity contribution in [3.8, 4) is 0 Å². The van der Waals surface area contributed by atoms with E-state index in [-0.39, 0.29) is 24.0 Å². The quantitative estimate of drug-likeness (QED) is 0.574. The summed E-state index contributed by atoms with van der Waals surface area (Å²) in [6, 6.07) is 9.77. The molecule has 2 N–H and O–H groups in total. The van der Waals surface area contributed by atoms with Gasteiger partial charge in [0.15, 0.2) is 0 Å². The summed E-state index contributed by atoms with van der Waals surface area (Å²) in [5.74, 6) is 0.434. The molecule has 0 radical (unpaired) electrons. The zero-order valence-corrected chi connectivity index (χ0v) is 16.1. The van der Waals surface area contributed by atoms with E-state index < -0.39 is 0 Å². The van der Waals surface area contributed by atoms with Crippen molar-refractivity contribution in [3.63, 3.8) is 0 Å². The van der Waals surface area contributed by atoms with Crippen molar-refractivity contribution in [1.82, 2.24) is 5.06 Å². The lowest BCUT2D eigenvalue weighted by atomic mass is 9.80. The zero-order chi connectivity index (χ0) is 19.6. The van der Waals surface area contributed by atoms with E-state index in [1.165, 1.54) is 0 Å². The molecule has 0 amide bonds. The van der Waals surface area contributed by atoms with Gasteiger partial charge in [-0.1, -0.05) is 30.3 Å². The van der Waals surface area contributed by atoms with Crippen molar-refractivity contribution in [2.45, 2.75) is 39.0 Å². The third-order valence-corrected chi connectivity index (χ3v) is 5.01. The van der Waals surface area contributed by atoms with E-state index in [2.05, 4.69) is 4.74 Å². The van der Waals surface area contributed by atoms with Crippen LogP contribution in [0.1, 0.15) is 31.7 Å². The molecule has 0 aromatic heterocycles. The number of carbonyl (C=O) groups excluding carboxylic acids is 2. The molecule has 3 unspecified atom stereocenters. The number of nitrogens with zero attached hydrogens (tertiary/aromatic N) is 1. The fraction of sp³-hybridized carbons (Fsp3) is 0.600. The molecule has 1 aromatic carbocycles. The molecule has 1 aliphatic carbocycles. The Kier molecular flexibility index (Phi) is 8.71. The number of carbonyl (C=O) groups is 2. The van der Waals surface area contributed by atoms with Gasteiger partial charge in [-0.15, -0.1) is 0 Å². The fourth-order valence-electron chi connectivity index (χ4n) is 3.52. The van der Waals surface area contributed by atoms with Crippen LogP contribution in [0.5, 0.6) is 0 Å². The standard InChI is InChI=1S/C17H24N2O3.C3H6O2/c1-21-19-10-9-14(15(16(19)18)13-7-8-13)17(20)22-11-12-5-3-2-4-6-12;1-2-5-3-4/h2-6,13-16H,7-11,18H2,1H3;3H,2H2,1H3. The van der Waals surface area contributed by atoms with E-state index in [1.54, 1.807) is 19.1 Å². The summed E-state index contributed by atoms with van der Waals surface area (Å²) in [6.45, 7) is 3.67. The summed E-state index contributed by atoms with van der Waals surface area (Å²) in [6.07, 6.45) is 2.83. The highest BCUT2D eigenvalue weighted by molar-refractivity contribution is 5.73. The maximum atomic E-state index is 12.5. The molecule has 1 saturated heterocycles. The summed E-state index contributed by atoms with van der Waals surface area (Å²) in [5, 5.41) is 1.80. The predicted molar refractivity (Wildman–Crippen MR) is 99.9 cm³/mol. The number of hydroxylamine groups is 2. The lowest BCUT2D eigenvalue weighted by molar-refractivity contribution is -0.206. The maximum absolute atomic E-state index is 12.5. The fourth-order valence-corrected chi connectivity index (χ4v) is 3.52. The Balaban J connectivity index is 0.000000465. The Morgan fingerprint density at radius 1 is 1.26 bits per heavy atom. The Morgan fingerprint density at radius 2 is 1.96 bits per heavy atom. The molecule has 150 valence electrons. The topological polar surface area (TPSA) is 91.1 Å². The number of hydrogen-bond donors (Lipinski definition) is 1. The molecular formula is C20H30N2O5. The van der Waals surface area contributed by atoms with Crippen LogP contribution >= 0.6 is 0 Å². The second kappa shape index (κ2) is 11.0. The van der Waals surface area contributed by atoms with Gasteiger partial charge >= 0.3 is 5.97 Å². The summed E-state index contributed by atoms with van der Waals surface area (Å²) >= 11 is 0. The maximum Gasteiger partial charge on any atom is 0.309 e. The lowest BCUT2D eigenvalue weighted by Crippen LogP contribution is -2.56. The summed E-state index contributed by atoms with van der Waals surface area (Å²) < 4.78 is 9.69. The molecule has 1 aromatic rings. The molecule has 1 heterocycles. The second-order valence-electron chi connectivity index (χ2n) is 6.77. The first-order valence-electron chi connectivity index (χ1n) is 9.44. The molecule has 7 heteroatoms. The highest BCUT2D eigenvalue weighted by atomic mass is 16.7. The molecule has 3 atom stereocenters. The lowest BCUT2D eigenvalue weighted by Gasteiger charge is -2.41. The SMILES string of the molecule is CCOC=O.CON1CCC(C(=O)OCc2ccccc2)C(C2CC2)C1N. The van der Waals surface area contributed by atoms with E-state index in [0.717, 1.165) is 24.8 Å². The average Bonchev–Trinajstić information content (AvgIpc) is 3.53. The molecule has 0 spiro atoms. The van der Waals surface area contributed by atoms with Crippen molar-refractivity contribution in [3.05, 3.63) is 35.9 Å². The third-order valence-electron chi connectivity index (χ3n) is 5.01. The van der Waals surface area contributed by atoms with Crippen molar-refractivity contribution in [2.24, 2.45) is 23.5 Å². The van der Waals surface area contributed by atoms with Crippen molar-refractivity contribution in [1.29, 1.82) is 0 Å². The first kappa shape index (κ1) is 21.3. The van der Waals surface area contributed by atoms with Gasteiger partial charge < -0.3 is 20.0 Å². The Hall–Kier alpha value is -1.96. The number of piperidine rings is 1. The van der Waals surface area contributed by atoms with Crippen molar-refractivity contribution < 1.29 is 23.9 Å². The smallest absolute Gasteiger partial charge is 0.309 e. The van der Waals surface area contributed by atoms with Gasteiger partial charge in [0.2, 0.25) is 0 Å². The Morgan fingerprint density at radius 3 is 2.48 bits per heavy atom. The minimum atomic E-state index is -0.222. The number of rotatable bonds is 7. The predicted octanol–water partition coefficient (Wildman–Crippen LogP) is 2.10. The summed E-state index contributed by atoms with van der Waals surface area (Å²) in [4.78, 5) is 27.0. The first-order valence-corrected chi connectivity index (χ1v) is 9.44. The molecule has 1 saturated carbocycles. The number of ether oxygens (including phenoxy) is 2. The molecule has 2 aliphatic rings. The highest BCUT2D eigenvalue weighted by Crippen LogP contribution is 2.45. The number of esters is 1. The highest BCUT2D eigenvalue weighted by Gasteiger charge is 2.48. The summed E-state index contributed by atoms with van der Waals surface area (Å²) in [7, 11) is 1.64. The van der Waals surface area contributed by atoms with Crippen LogP contribution in [-0.4, -0.2) is 43.9 Å². The van der Waals surface area contributed by atoms with Gasteiger partial charge in [0.05, 0.1) is 25.8 Å². The molecule has 27 heavy (non-hydrogen) atoms. The van der Waals surface area contributed by atoms with Gasteiger partial charge in [0.1, 0.15) is 6.61 Å². The van der Waals surface area contributed by atoms with Gasteiger partial charge in [0, 0.05) is 12.5 Å². The van der Waals surface area contributed by atoms with E-state index in [1.807, 2.05) is 30.3 Å².